The van der Waals surface area contributed by atoms with Gasteiger partial charge in [0.05, 0.1) is 22.2 Å². The van der Waals surface area contributed by atoms with Crippen LogP contribution in [0.4, 0.5) is 56.1 Å². The Balaban J connectivity index is 0.724. The zero-order valence-corrected chi connectivity index (χ0v) is 60.4. The lowest BCUT2D eigenvalue weighted by atomic mass is 9.67. The summed E-state index contributed by atoms with van der Waals surface area (Å²) < 4.78 is 111. The molecule has 2 aromatic heterocycles. The van der Waals surface area contributed by atoms with E-state index in [0.29, 0.717) is 95.8 Å². The molecule has 2 heterocycles. The molecule has 6 nitrogen and oxygen atoms in total. The summed E-state index contributed by atoms with van der Waals surface area (Å²) in [5.74, 6) is -2.30. The van der Waals surface area contributed by atoms with Gasteiger partial charge in [0, 0.05) is 67.6 Å². The third-order valence-electron chi connectivity index (χ3n) is 22.4. The molecule has 113 heavy (non-hydrogen) atoms. The van der Waals surface area contributed by atoms with Gasteiger partial charge in [0.25, 0.3) is 0 Å². The quantitative estimate of drug-likeness (QED) is 0.0847. The zero-order valence-electron chi connectivity index (χ0n) is 60.4. The Labute approximate surface area is 647 Å². The molecule has 20 rings (SSSR count). The van der Waals surface area contributed by atoms with Crippen LogP contribution in [0.2, 0.25) is 0 Å². The van der Waals surface area contributed by atoms with Crippen molar-refractivity contribution in [2.75, 3.05) is 9.80 Å². The molecule has 540 valence electrons. The predicted molar refractivity (Wildman–Crippen MR) is 443 cm³/mol. The summed E-state index contributed by atoms with van der Waals surface area (Å²) in [6, 6.07) is 107. The van der Waals surface area contributed by atoms with Crippen molar-refractivity contribution in [3.63, 3.8) is 0 Å². The van der Waals surface area contributed by atoms with Gasteiger partial charge >= 0.3 is 0 Å². The van der Waals surface area contributed by atoms with E-state index in [2.05, 4.69) is 83.6 Å². The summed E-state index contributed by atoms with van der Waals surface area (Å²) in [6.45, 7) is 7.76. The monoisotopic (exact) mass is 1470 g/mol. The lowest BCUT2D eigenvalue weighted by molar-refractivity contribution is 0.481. The molecule has 2 aliphatic rings. The third-order valence-corrected chi connectivity index (χ3v) is 22.4. The number of ether oxygens (including phenoxy) is 2. The molecule has 0 fully saturated rings. The Kier molecular flexibility index (Phi) is 16.2. The molecule has 0 aliphatic heterocycles. The molecule has 18 aromatic rings. The number of halogens is 5. The Bertz CT molecular complexity index is 6810. The van der Waals surface area contributed by atoms with Crippen LogP contribution >= 0.6 is 0 Å². The van der Waals surface area contributed by atoms with Gasteiger partial charge in [0.2, 0.25) is 0 Å². The van der Waals surface area contributed by atoms with Gasteiger partial charge in [-0.1, -0.05) is 226 Å². The lowest BCUT2D eigenvalue weighted by Gasteiger charge is -2.35. The highest BCUT2D eigenvalue weighted by Gasteiger charge is 2.52. The predicted octanol–water partition coefficient (Wildman–Crippen LogP) is 28.4. The molecule has 0 spiro atoms. The van der Waals surface area contributed by atoms with Gasteiger partial charge in [-0.2, -0.15) is 0 Å². The Morgan fingerprint density at radius 3 is 1.05 bits per heavy atom. The molecule has 0 saturated heterocycles. The average molecular weight is 1480 g/mol. The summed E-state index contributed by atoms with van der Waals surface area (Å²) >= 11 is 0. The molecular weight excluding hydrogens is 1410 g/mol. The smallest absolute Gasteiger partial charge is 0.159 e. The first-order chi connectivity index (χ1) is 55.4. The van der Waals surface area contributed by atoms with E-state index in [1.807, 2.05) is 243 Å². The van der Waals surface area contributed by atoms with Gasteiger partial charge in [-0.3, -0.25) is 0 Å². The van der Waals surface area contributed by atoms with E-state index in [9.17, 15) is 0 Å². The van der Waals surface area contributed by atoms with E-state index < -0.39 is 39.9 Å². The van der Waals surface area contributed by atoms with Crippen molar-refractivity contribution < 1.29 is 40.3 Å². The summed E-state index contributed by atoms with van der Waals surface area (Å²) in [4.78, 5) is 4.25. The number of benzene rings is 16. The largest absolute Gasteiger partial charge is 0.457 e. The Morgan fingerprint density at radius 2 is 0.637 bits per heavy atom. The standard InChI is InChI=1S/C102H63F5N2O4/c1-3-62-30-48-73(49-31-62)110-75-52-38-66(39-53-75)101(97-89(104)24-15-25-90(97)105)85-22-9-5-16-77(85)79-56-46-71(60-87(79)101)108(93-26-13-20-83-81-18-7-11-28-95(81)112-99(83)93)69-42-34-64(35-43-69)65-36-44-70(45-37-65)109(94-27-14-21-84-82-19-8-12-29-96(82)113-100(84)94)72-47-57-80-78-17-6-10-23-86(78)102(88(80)61-72,98-91(106)58-68(103)59-92(98)107)67-40-54-76(55-41-67)111-74-50-32-63(4-2)33-51-74/h3-61H,1-2H2. The third kappa shape index (κ3) is 10.9. The van der Waals surface area contributed by atoms with Gasteiger partial charge in [0.1, 0.15) is 63.3 Å². The summed E-state index contributed by atoms with van der Waals surface area (Å²) in [6.07, 6.45) is 3.52. The Morgan fingerprint density at radius 1 is 0.292 bits per heavy atom. The van der Waals surface area contributed by atoms with Crippen LogP contribution in [0.5, 0.6) is 23.0 Å². The second-order valence-corrected chi connectivity index (χ2v) is 28.5. The van der Waals surface area contributed by atoms with Crippen LogP contribution in [0.25, 0.3) is 89.4 Å². The number of furan rings is 2. The van der Waals surface area contributed by atoms with Crippen molar-refractivity contribution in [3.05, 3.63) is 444 Å². The highest BCUT2D eigenvalue weighted by molar-refractivity contribution is 6.12. The van der Waals surface area contributed by atoms with Crippen molar-refractivity contribution in [1.82, 2.24) is 0 Å². The van der Waals surface area contributed by atoms with Crippen LogP contribution in [-0.4, -0.2) is 0 Å². The SMILES string of the molecule is C=Cc1ccc(Oc2ccc(C3(c4c(F)cccc4F)c4ccccc4-c4ccc(N(c5ccc(-c6ccc(N(c7ccc8c(c7)C(c7ccc(Oc9ccc(C=C)cc9)cc7)(c7c(F)cc(F)cc7F)c7ccccc7-8)c7cccc8c7oc7ccccc78)cc6)cc5)c5cccc6c5oc5ccccc56)cc43)cc2)cc1. The fourth-order valence-corrected chi connectivity index (χ4v) is 17.5. The molecular formula is C102H63F5N2O4. The molecule has 2 aliphatic carbocycles. The number of para-hydroxylation sites is 4. The van der Waals surface area contributed by atoms with Crippen LogP contribution in [-0.2, 0) is 10.8 Å². The molecule has 16 aromatic carbocycles. The molecule has 2 atom stereocenters. The van der Waals surface area contributed by atoms with Gasteiger partial charge < -0.3 is 28.1 Å². The molecule has 0 amide bonds. The van der Waals surface area contributed by atoms with E-state index in [0.717, 1.165) is 95.2 Å². The van der Waals surface area contributed by atoms with Crippen molar-refractivity contribution >= 4 is 90.2 Å². The second kappa shape index (κ2) is 26.9. The minimum atomic E-state index is -1.68. The topological polar surface area (TPSA) is 51.2 Å². The number of fused-ring (bicyclic) bond motifs is 12. The normalized spacial score (nSPS) is 14.6. The molecule has 2 unspecified atom stereocenters. The molecule has 11 heteroatoms. The number of hydrogen-bond donors (Lipinski definition) is 0. The minimum Gasteiger partial charge on any atom is -0.457 e. The highest BCUT2D eigenvalue weighted by Crippen LogP contribution is 2.61. The van der Waals surface area contributed by atoms with E-state index in [4.69, 9.17) is 18.3 Å². The first-order valence-electron chi connectivity index (χ1n) is 37.2. The summed E-state index contributed by atoms with van der Waals surface area (Å²) in [5.41, 5.74) is 13.7. The number of hydrogen-bond acceptors (Lipinski definition) is 6. The van der Waals surface area contributed by atoms with Crippen molar-refractivity contribution in [1.29, 1.82) is 0 Å². The maximum atomic E-state index is 17.4. The fraction of sp³-hybridized carbons (Fsp3) is 0.0196. The number of nitrogens with zero attached hydrogens (tertiary/aromatic N) is 2. The average Bonchev–Trinajstić information content (AvgIpc) is 1.54. The van der Waals surface area contributed by atoms with Gasteiger partial charge in [-0.05, 0) is 211 Å². The first-order valence-corrected chi connectivity index (χ1v) is 37.2. The molecule has 0 N–H and O–H groups in total. The minimum absolute atomic E-state index is 0.111. The van der Waals surface area contributed by atoms with E-state index in [-0.39, 0.29) is 11.1 Å². The van der Waals surface area contributed by atoms with Gasteiger partial charge in [0.15, 0.2) is 11.2 Å². The Hall–Kier alpha value is -14.6. The van der Waals surface area contributed by atoms with Crippen molar-refractivity contribution in [3.8, 4) is 56.4 Å². The van der Waals surface area contributed by atoms with Crippen LogP contribution in [0.15, 0.2) is 368 Å². The van der Waals surface area contributed by atoms with Crippen LogP contribution in [0.1, 0.15) is 55.6 Å². The van der Waals surface area contributed by atoms with E-state index in [1.165, 1.54) is 18.2 Å². The fourth-order valence-electron chi connectivity index (χ4n) is 17.5. The molecule has 0 bridgehead atoms. The van der Waals surface area contributed by atoms with Gasteiger partial charge in [-0.25, -0.2) is 22.0 Å². The van der Waals surface area contributed by atoms with Crippen LogP contribution in [0.3, 0.4) is 0 Å². The van der Waals surface area contributed by atoms with Crippen LogP contribution < -0.4 is 19.3 Å². The number of anilines is 6. The molecule has 0 saturated carbocycles. The maximum Gasteiger partial charge on any atom is 0.159 e. The second-order valence-electron chi connectivity index (χ2n) is 28.5. The maximum absolute atomic E-state index is 17.4. The van der Waals surface area contributed by atoms with E-state index in [1.54, 1.807) is 24.3 Å². The first kappa shape index (κ1) is 67.8. The number of rotatable bonds is 17. The van der Waals surface area contributed by atoms with Crippen LogP contribution in [0, 0.1) is 29.1 Å². The van der Waals surface area contributed by atoms with Crippen molar-refractivity contribution in [2.24, 2.45) is 0 Å². The summed E-state index contributed by atoms with van der Waals surface area (Å²) in [7, 11) is 0. The van der Waals surface area contributed by atoms with E-state index >= 15 is 22.0 Å². The summed E-state index contributed by atoms with van der Waals surface area (Å²) in [5, 5.41) is 3.66. The van der Waals surface area contributed by atoms with Crippen molar-refractivity contribution in [2.45, 2.75) is 10.8 Å². The zero-order chi connectivity index (χ0) is 76.2. The molecule has 0 radical (unpaired) electrons. The highest BCUT2D eigenvalue weighted by atomic mass is 19.2. The lowest BCUT2D eigenvalue weighted by Crippen LogP contribution is -2.31. The van der Waals surface area contributed by atoms with Gasteiger partial charge in [-0.15, -0.1) is 0 Å².